The Morgan fingerprint density at radius 1 is 0.875 bits per heavy atom. The monoisotopic (exact) mass is 477 g/mol. The summed E-state index contributed by atoms with van der Waals surface area (Å²) in [6.45, 7) is 2.94. The number of hydrogen-bond donors (Lipinski definition) is 2. The summed E-state index contributed by atoms with van der Waals surface area (Å²) in [4.78, 5) is 11.4. The van der Waals surface area contributed by atoms with Crippen LogP contribution in [0.15, 0.2) is 59.9 Å². The molecule has 0 atom stereocenters. The number of nitrogens with one attached hydrogen (secondary N) is 1. The minimum atomic E-state index is -6.99. The first-order valence-electron chi connectivity index (χ1n) is 8.50. The van der Waals surface area contributed by atoms with Gasteiger partial charge in [-0.3, -0.25) is 10.0 Å². The van der Waals surface area contributed by atoms with Crippen LogP contribution in [0.5, 0.6) is 5.75 Å². The zero-order chi connectivity index (χ0) is 25.0. The van der Waals surface area contributed by atoms with Gasteiger partial charge < -0.3 is 4.74 Å². The Hall–Kier alpha value is -2.96. The van der Waals surface area contributed by atoms with Crippen LogP contribution in [0.1, 0.15) is 19.4 Å². The summed E-state index contributed by atoms with van der Waals surface area (Å²) in [5.74, 6) is -20.7. The van der Waals surface area contributed by atoms with Gasteiger partial charge in [-0.25, -0.2) is 5.48 Å². The summed E-state index contributed by atoms with van der Waals surface area (Å²) >= 11 is 0. The second-order valence-electron chi connectivity index (χ2n) is 6.06. The molecule has 0 saturated heterocycles. The maximum atomic E-state index is 13.9. The fourth-order valence-corrected chi connectivity index (χ4v) is 2.15. The molecule has 2 N–H and O–H groups in total. The predicted octanol–water partition coefficient (Wildman–Crippen LogP) is 5.90. The summed E-state index contributed by atoms with van der Waals surface area (Å²) in [7, 11) is 0. The first-order valence-corrected chi connectivity index (χ1v) is 8.50. The van der Waals surface area contributed by atoms with Crippen molar-refractivity contribution < 1.29 is 54.3 Å². The minimum Gasteiger partial charge on any atom is -0.458 e. The van der Waals surface area contributed by atoms with Crippen LogP contribution in [0.4, 0.5) is 39.5 Å². The molecule has 0 saturated carbocycles. The Morgan fingerprint density at radius 3 is 1.81 bits per heavy atom. The van der Waals surface area contributed by atoms with Crippen molar-refractivity contribution >= 4 is 5.91 Å². The van der Waals surface area contributed by atoms with Crippen LogP contribution in [0.3, 0.4) is 0 Å². The molecule has 0 aromatic heterocycles. The maximum absolute atomic E-state index is 13.9. The second kappa shape index (κ2) is 9.67. The topological polar surface area (TPSA) is 58.6 Å². The Labute approximate surface area is 175 Å². The van der Waals surface area contributed by atoms with Gasteiger partial charge >= 0.3 is 23.9 Å². The van der Waals surface area contributed by atoms with E-state index in [1.54, 1.807) is 0 Å². The molecule has 32 heavy (non-hydrogen) atoms. The predicted molar refractivity (Wildman–Crippen MR) is 93.5 cm³/mol. The number of ether oxygens (including phenoxy) is 1. The van der Waals surface area contributed by atoms with Gasteiger partial charge in [0, 0.05) is 11.1 Å². The Morgan fingerprint density at radius 2 is 1.41 bits per heavy atom. The lowest BCUT2D eigenvalue weighted by Crippen LogP contribution is -2.59. The van der Waals surface area contributed by atoms with Crippen LogP contribution in [0, 0.1) is 0 Å². The van der Waals surface area contributed by atoms with Crippen molar-refractivity contribution in [2.75, 3.05) is 0 Å². The summed E-state index contributed by atoms with van der Waals surface area (Å²) in [6.07, 6.45) is -1.84. The van der Waals surface area contributed by atoms with Gasteiger partial charge in [0.05, 0.1) is 0 Å². The number of hydrogen-bond acceptors (Lipinski definition) is 3. The van der Waals surface area contributed by atoms with Crippen molar-refractivity contribution in [1.29, 1.82) is 0 Å². The number of carbonyl (C=O) groups is 1. The molecule has 1 aromatic carbocycles. The van der Waals surface area contributed by atoms with Crippen LogP contribution < -0.4 is 10.2 Å². The molecule has 0 aliphatic rings. The highest BCUT2D eigenvalue weighted by atomic mass is 19.4. The highest BCUT2D eigenvalue weighted by molar-refractivity contribution is 5.95. The Balaban J connectivity index is 3.14. The number of halogens is 9. The number of carbonyl (C=O) groups excluding carboxylic acids is 1. The number of alkyl halides is 9. The average Bonchev–Trinajstić information content (AvgIpc) is 2.72. The molecule has 4 nitrogen and oxygen atoms in total. The lowest BCUT2D eigenvalue weighted by molar-refractivity contribution is -0.399. The number of hydroxylamine groups is 1. The van der Waals surface area contributed by atoms with E-state index in [-0.39, 0.29) is 29.2 Å². The van der Waals surface area contributed by atoms with Gasteiger partial charge in [0.1, 0.15) is 11.5 Å². The SMILES string of the molecule is CC=C(/C=C\C(=C/C)C(=O)NO)Oc1ccc(C(F)(F)C(F)(F)C(F)(F)C(F)(F)F)cc1. The maximum Gasteiger partial charge on any atom is 0.460 e. The molecule has 0 fully saturated rings. The molecular weight excluding hydrogens is 461 g/mol. The number of amides is 1. The van der Waals surface area contributed by atoms with Gasteiger partial charge in [-0.15, -0.1) is 0 Å². The quantitative estimate of drug-likeness (QED) is 0.122. The second-order valence-corrected chi connectivity index (χ2v) is 6.06. The van der Waals surface area contributed by atoms with Crippen LogP contribution >= 0.6 is 0 Å². The molecule has 0 bridgehead atoms. The molecular formula is C19H16F9NO3. The molecule has 1 aromatic rings. The molecule has 1 rings (SSSR count). The minimum absolute atomic E-state index is 0.00161. The molecule has 0 unspecified atom stereocenters. The number of benzene rings is 1. The standard InChI is InChI=1S/C19H16F9NO3/c1-3-11(15(30)29-31)5-8-13(4-2)32-14-9-6-12(7-10-14)16(20,21)17(22,23)18(24,25)19(26,27)28/h3-10,31H,1-2H3,(H,29,30)/b8-5-,11-3+,13-4?. The molecule has 1 amide bonds. The van der Waals surface area contributed by atoms with Crippen molar-refractivity contribution in [3.8, 4) is 5.75 Å². The van der Waals surface area contributed by atoms with E-state index >= 15 is 0 Å². The fraction of sp³-hybridized carbons (Fsp3) is 0.316. The summed E-state index contributed by atoms with van der Waals surface area (Å²) in [5, 5.41) is 8.59. The van der Waals surface area contributed by atoms with E-state index in [0.29, 0.717) is 12.1 Å². The van der Waals surface area contributed by atoms with Crippen LogP contribution in [-0.2, 0) is 10.7 Å². The molecule has 178 valence electrons. The van der Waals surface area contributed by atoms with Gasteiger partial charge in [0.15, 0.2) is 0 Å². The van der Waals surface area contributed by atoms with Crippen molar-refractivity contribution in [2.45, 2.75) is 37.8 Å². The molecule has 0 spiro atoms. The first-order chi connectivity index (χ1) is 14.6. The van der Waals surface area contributed by atoms with E-state index in [0.717, 1.165) is 0 Å². The van der Waals surface area contributed by atoms with Crippen LogP contribution in [0.25, 0.3) is 0 Å². The molecule has 0 aliphatic heterocycles. The van der Waals surface area contributed by atoms with E-state index in [4.69, 9.17) is 9.94 Å². The Kier molecular flexibility index (Phi) is 8.18. The Bertz CT molecular complexity index is 902. The molecule has 0 radical (unpaired) electrons. The summed E-state index contributed by atoms with van der Waals surface area (Å²) in [6, 6.07) is 1.73. The summed E-state index contributed by atoms with van der Waals surface area (Å²) in [5.41, 5.74) is -0.416. The molecule has 13 heteroatoms. The molecule has 0 heterocycles. The zero-order valence-electron chi connectivity index (χ0n) is 16.3. The van der Waals surface area contributed by atoms with Crippen LogP contribution in [-0.4, -0.2) is 29.1 Å². The van der Waals surface area contributed by atoms with Crippen molar-refractivity contribution in [1.82, 2.24) is 5.48 Å². The van der Waals surface area contributed by atoms with Crippen LogP contribution in [0.2, 0.25) is 0 Å². The van der Waals surface area contributed by atoms with E-state index in [2.05, 4.69) is 0 Å². The highest BCUT2D eigenvalue weighted by Crippen LogP contribution is 2.56. The smallest absolute Gasteiger partial charge is 0.458 e. The van der Waals surface area contributed by atoms with Crippen molar-refractivity contribution in [2.24, 2.45) is 0 Å². The normalized spacial score (nSPS) is 14.6. The van der Waals surface area contributed by atoms with Gasteiger partial charge in [-0.05, 0) is 56.3 Å². The van der Waals surface area contributed by atoms with E-state index in [9.17, 15) is 44.3 Å². The lowest BCUT2D eigenvalue weighted by atomic mass is 9.97. The molecule has 0 aliphatic carbocycles. The van der Waals surface area contributed by atoms with Gasteiger partial charge in [-0.2, -0.15) is 39.5 Å². The first kappa shape index (κ1) is 27.1. The third-order valence-electron chi connectivity index (χ3n) is 3.98. The number of allylic oxidation sites excluding steroid dienone is 3. The summed E-state index contributed by atoms with van der Waals surface area (Å²) < 4.78 is 123. The van der Waals surface area contributed by atoms with Gasteiger partial charge in [0.25, 0.3) is 5.91 Å². The largest absolute Gasteiger partial charge is 0.460 e. The van der Waals surface area contributed by atoms with Crippen molar-refractivity contribution in [3.05, 3.63) is 65.5 Å². The fourth-order valence-electron chi connectivity index (χ4n) is 2.15. The van der Waals surface area contributed by atoms with E-state index in [1.165, 1.54) is 43.6 Å². The van der Waals surface area contributed by atoms with Crippen molar-refractivity contribution in [3.63, 3.8) is 0 Å². The van der Waals surface area contributed by atoms with Gasteiger partial charge in [0.2, 0.25) is 0 Å². The zero-order valence-corrected chi connectivity index (χ0v) is 16.3. The highest BCUT2D eigenvalue weighted by Gasteiger charge is 2.82. The number of rotatable bonds is 8. The van der Waals surface area contributed by atoms with E-state index < -0.39 is 35.4 Å². The van der Waals surface area contributed by atoms with Gasteiger partial charge in [-0.1, -0.05) is 6.08 Å². The van der Waals surface area contributed by atoms with E-state index in [1.807, 2.05) is 0 Å². The average molecular weight is 477 g/mol. The lowest BCUT2D eigenvalue weighted by Gasteiger charge is -2.33. The third kappa shape index (κ3) is 5.26. The third-order valence-corrected chi connectivity index (χ3v) is 3.98.